The number of hydrogen-bond donors (Lipinski definition) is 1. The summed E-state index contributed by atoms with van der Waals surface area (Å²) in [7, 11) is 0. The molecule has 108 valence electrons. The normalized spacial score (nSPS) is 46.9. The van der Waals surface area contributed by atoms with E-state index in [1.165, 1.54) is 38.5 Å². The van der Waals surface area contributed by atoms with E-state index in [-0.39, 0.29) is 0 Å². The molecule has 5 aliphatic rings. The van der Waals surface area contributed by atoms with Crippen molar-refractivity contribution in [2.45, 2.75) is 83.1 Å². The monoisotopic (exact) mass is 261 g/mol. The Hall–Kier alpha value is -0.0400. The summed E-state index contributed by atoms with van der Waals surface area (Å²) in [6.45, 7) is 0. The lowest BCUT2D eigenvalue weighted by Gasteiger charge is -2.57. The van der Waals surface area contributed by atoms with E-state index in [0.29, 0.717) is 11.5 Å². The predicted molar refractivity (Wildman–Crippen MR) is 79.8 cm³/mol. The zero-order valence-electron chi connectivity index (χ0n) is 12.4. The van der Waals surface area contributed by atoms with Gasteiger partial charge in [0.15, 0.2) is 0 Å². The van der Waals surface area contributed by atoms with Gasteiger partial charge in [-0.3, -0.25) is 0 Å². The molecular formula is C18H31N. The van der Waals surface area contributed by atoms with Gasteiger partial charge in [0.05, 0.1) is 0 Å². The highest BCUT2D eigenvalue weighted by molar-refractivity contribution is 5.02. The predicted octanol–water partition coefficient (Wildman–Crippen LogP) is 4.50. The molecule has 0 saturated heterocycles. The molecule has 0 heterocycles. The van der Waals surface area contributed by atoms with Gasteiger partial charge in [0.2, 0.25) is 0 Å². The molecule has 5 aliphatic carbocycles. The van der Waals surface area contributed by atoms with Gasteiger partial charge in [-0.05, 0) is 80.5 Å². The van der Waals surface area contributed by atoms with Gasteiger partial charge >= 0.3 is 0 Å². The van der Waals surface area contributed by atoms with Crippen molar-refractivity contribution < 1.29 is 0 Å². The maximum atomic E-state index is 6.57. The Bertz CT molecular complexity index is 293. The van der Waals surface area contributed by atoms with Crippen molar-refractivity contribution in [3.05, 3.63) is 0 Å². The van der Waals surface area contributed by atoms with Gasteiger partial charge in [-0.2, -0.15) is 0 Å². The zero-order valence-corrected chi connectivity index (χ0v) is 12.4. The maximum Gasteiger partial charge on any atom is 0.00467 e. The van der Waals surface area contributed by atoms with Crippen molar-refractivity contribution in [1.29, 1.82) is 0 Å². The molecule has 1 heteroatoms. The molecule has 1 unspecified atom stereocenters. The Kier molecular flexibility index (Phi) is 3.17. The topological polar surface area (TPSA) is 26.0 Å². The van der Waals surface area contributed by atoms with Gasteiger partial charge in [0, 0.05) is 6.04 Å². The number of hydrogen-bond acceptors (Lipinski definition) is 1. The molecule has 1 nitrogen and oxygen atoms in total. The van der Waals surface area contributed by atoms with Gasteiger partial charge in [0.1, 0.15) is 0 Å². The second-order valence-corrected chi connectivity index (χ2v) is 8.77. The smallest absolute Gasteiger partial charge is 0.00467 e. The second kappa shape index (κ2) is 4.76. The van der Waals surface area contributed by atoms with Crippen LogP contribution in [0.5, 0.6) is 0 Å². The van der Waals surface area contributed by atoms with Gasteiger partial charge < -0.3 is 5.73 Å². The van der Waals surface area contributed by atoms with E-state index >= 15 is 0 Å². The lowest BCUT2D eigenvalue weighted by molar-refractivity contribution is -0.0611. The highest BCUT2D eigenvalue weighted by Crippen LogP contribution is 2.61. The molecular weight excluding hydrogens is 230 g/mol. The van der Waals surface area contributed by atoms with Crippen LogP contribution in [0.1, 0.15) is 77.0 Å². The van der Waals surface area contributed by atoms with Crippen LogP contribution in [0, 0.1) is 29.1 Å². The van der Waals surface area contributed by atoms with E-state index in [1.807, 2.05) is 0 Å². The molecule has 5 fully saturated rings. The average molecular weight is 261 g/mol. The van der Waals surface area contributed by atoms with E-state index in [1.54, 1.807) is 38.5 Å². The van der Waals surface area contributed by atoms with Crippen molar-refractivity contribution in [1.82, 2.24) is 0 Å². The van der Waals surface area contributed by atoms with E-state index in [0.717, 1.165) is 23.7 Å². The third-order valence-electron chi connectivity index (χ3n) is 6.97. The van der Waals surface area contributed by atoms with E-state index in [2.05, 4.69) is 0 Å². The SMILES string of the molecule is NC(CC1CCCC1)CC12CC3CC(CC(C3)C1)C2. The van der Waals surface area contributed by atoms with Crippen LogP contribution < -0.4 is 5.73 Å². The van der Waals surface area contributed by atoms with E-state index in [4.69, 9.17) is 5.73 Å². The van der Waals surface area contributed by atoms with E-state index < -0.39 is 0 Å². The maximum absolute atomic E-state index is 6.57. The molecule has 19 heavy (non-hydrogen) atoms. The van der Waals surface area contributed by atoms with Crippen LogP contribution in [-0.2, 0) is 0 Å². The van der Waals surface area contributed by atoms with Crippen LogP contribution in [0.25, 0.3) is 0 Å². The van der Waals surface area contributed by atoms with Crippen molar-refractivity contribution in [2.75, 3.05) is 0 Å². The fraction of sp³-hybridized carbons (Fsp3) is 1.00. The van der Waals surface area contributed by atoms with Crippen LogP contribution in [0.15, 0.2) is 0 Å². The van der Waals surface area contributed by atoms with Gasteiger partial charge in [0.25, 0.3) is 0 Å². The molecule has 5 rings (SSSR count). The second-order valence-electron chi connectivity index (χ2n) is 8.77. The highest BCUT2D eigenvalue weighted by Gasteiger charge is 2.51. The molecule has 0 spiro atoms. The standard InChI is InChI=1S/C18H31N/c19-17(8-13-3-1-2-4-13)12-18-9-14-5-15(10-18)7-16(6-14)11-18/h13-17H,1-12,19H2. The molecule has 0 aromatic heterocycles. The van der Waals surface area contributed by atoms with Crippen LogP contribution in [0.3, 0.4) is 0 Å². The molecule has 0 aromatic carbocycles. The van der Waals surface area contributed by atoms with Gasteiger partial charge in [-0.15, -0.1) is 0 Å². The van der Waals surface area contributed by atoms with E-state index in [9.17, 15) is 0 Å². The minimum absolute atomic E-state index is 0.513. The minimum atomic E-state index is 0.513. The van der Waals surface area contributed by atoms with Crippen LogP contribution in [0.4, 0.5) is 0 Å². The fourth-order valence-corrected chi connectivity index (χ4v) is 6.85. The quantitative estimate of drug-likeness (QED) is 0.792. The molecule has 0 aliphatic heterocycles. The molecule has 1 atom stereocenters. The first-order valence-corrected chi connectivity index (χ1v) is 8.96. The molecule has 0 aromatic rings. The van der Waals surface area contributed by atoms with Crippen LogP contribution in [0.2, 0.25) is 0 Å². The highest BCUT2D eigenvalue weighted by atomic mass is 14.7. The summed E-state index contributed by atoms with van der Waals surface area (Å²) in [5.74, 6) is 4.24. The summed E-state index contributed by atoms with van der Waals surface area (Å²) in [4.78, 5) is 0. The molecule has 5 saturated carbocycles. The largest absolute Gasteiger partial charge is 0.328 e. The summed E-state index contributed by atoms with van der Waals surface area (Å²) in [5, 5.41) is 0. The first-order chi connectivity index (χ1) is 9.21. The molecule has 2 N–H and O–H groups in total. The Morgan fingerprint density at radius 3 is 1.95 bits per heavy atom. The van der Waals surface area contributed by atoms with Crippen molar-refractivity contribution >= 4 is 0 Å². The summed E-state index contributed by atoms with van der Waals surface area (Å²) in [6.07, 6.45) is 17.9. The first-order valence-electron chi connectivity index (χ1n) is 8.96. The third kappa shape index (κ3) is 2.48. The Labute approximate surface area is 118 Å². The van der Waals surface area contributed by atoms with Crippen LogP contribution >= 0.6 is 0 Å². The van der Waals surface area contributed by atoms with Crippen molar-refractivity contribution in [2.24, 2.45) is 34.8 Å². The Morgan fingerprint density at radius 1 is 0.895 bits per heavy atom. The van der Waals surface area contributed by atoms with Crippen LogP contribution in [-0.4, -0.2) is 6.04 Å². The van der Waals surface area contributed by atoms with Gasteiger partial charge in [-0.1, -0.05) is 25.7 Å². The molecule has 0 amide bonds. The lowest BCUT2D eigenvalue weighted by Crippen LogP contribution is -2.48. The first kappa shape index (κ1) is 12.7. The summed E-state index contributed by atoms with van der Waals surface area (Å²) in [5.41, 5.74) is 7.28. The van der Waals surface area contributed by atoms with Crippen molar-refractivity contribution in [3.63, 3.8) is 0 Å². The minimum Gasteiger partial charge on any atom is -0.328 e. The third-order valence-corrected chi connectivity index (χ3v) is 6.97. The summed E-state index contributed by atoms with van der Waals surface area (Å²) in [6, 6.07) is 0.513. The molecule has 4 bridgehead atoms. The number of rotatable bonds is 4. The zero-order chi connectivity index (χ0) is 12.9. The number of nitrogens with two attached hydrogens (primary N) is 1. The fourth-order valence-electron chi connectivity index (χ4n) is 6.85. The summed E-state index contributed by atoms with van der Waals surface area (Å²) >= 11 is 0. The van der Waals surface area contributed by atoms with Gasteiger partial charge in [-0.25, -0.2) is 0 Å². The average Bonchev–Trinajstić information content (AvgIpc) is 2.78. The Morgan fingerprint density at radius 2 is 1.42 bits per heavy atom. The lowest BCUT2D eigenvalue weighted by atomic mass is 9.48. The Balaban J connectivity index is 1.38. The summed E-state index contributed by atoms with van der Waals surface area (Å²) < 4.78 is 0. The molecule has 0 radical (unpaired) electrons. The van der Waals surface area contributed by atoms with Crippen molar-refractivity contribution in [3.8, 4) is 0 Å².